The number of nitrogens with two attached hydrogens (primary N) is 1. The van der Waals surface area contributed by atoms with E-state index in [1.165, 1.54) is 7.11 Å². The minimum atomic E-state index is -0.0911. The Kier molecular flexibility index (Phi) is 6.11. The second-order valence-electron chi connectivity index (χ2n) is 8.19. The van der Waals surface area contributed by atoms with E-state index in [4.69, 9.17) is 25.4 Å². The van der Waals surface area contributed by atoms with E-state index in [2.05, 4.69) is 29.8 Å². The molecule has 2 aromatic carbocycles. The Morgan fingerprint density at radius 2 is 1.97 bits per heavy atom. The van der Waals surface area contributed by atoms with E-state index < -0.39 is 0 Å². The van der Waals surface area contributed by atoms with Crippen LogP contribution in [0.3, 0.4) is 0 Å². The van der Waals surface area contributed by atoms with Crippen LogP contribution in [0.2, 0.25) is 0 Å². The fourth-order valence-electron chi connectivity index (χ4n) is 3.86. The predicted octanol–water partition coefficient (Wildman–Crippen LogP) is 3.48. The van der Waals surface area contributed by atoms with Crippen molar-refractivity contribution < 1.29 is 14.2 Å². The summed E-state index contributed by atoms with van der Waals surface area (Å²) in [5.74, 6) is 3.12. The molecule has 0 amide bonds. The molecule has 0 saturated heterocycles. The summed E-state index contributed by atoms with van der Waals surface area (Å²) in [4.78, 5) is 23.4. The van der Waals surface area contributed by atoms with Crippen molar-refractivity contribution in [3.05, 3.63) is 59.4 Å². The molecule has 0 atom stereocenters. The molecule has 0 saturated carbocycles. The number of aliphatic imine (C=N–C) groups is 1. The monoisotopic (exact) mass is 486 g/mol. The normalized spacial score (nSPS) is 13.1. The lowest BCUT2D eigenvalue weighted by Gasteiger charge is -2.14. The Labute approximate surface area is 207 Å². The van der Waals surface area contributed by atoms with Gasteiger partial charge in [-0.25, -0.2) is 4.98 Å². The zero-order valence-electron chi connectivity index (χ0n) is 20.2. The van der Waals surface area contributed by atoms with Crippen molar-refractivity contribution in [2.24, 2.45) is 10.7 Å². The third-order valence-electron chi connectivity index (χ3n) is 5.72. The minimum absolute atomic E-state index is 0.0761. The summed E-state index contributed by atoms with van der Waals surface area (Å²) in [6, 6.07) is 12.7. The van der Waals surface area contributed by atoms with E-state index in [9.17, 15) is 0 Å². The number of H-pyrrole nitrogens is 1. The SMILES string of the molecule is CCc1nc2nc(Oc3cccc(C4=NCCN4C)c3)nc(Oc3cc(C(=N)N)ccc3OC)c2[nH]1. The van der Waals surface area contributed by atoms with Gasteiger partial charge in [-0.05, 0) is 30.3 Å². The summed E-state index contributed by atoms with van der Waals surface area (Å²) < 4.78 is 17.6. The first-order valence-corrected chi connectivity index (χ1v) is 11.5. The number of benzene rings is 2. The Morgan fingerprint density at radius 1 is 1.11 bits per heavy atom. The Hall–Kier alpha value is -4.67. The number of rotatable bonds is 8. The molecule has 2 aromatic heterocycles. The largest absolute Gasteiger partial charge is 0.493 e. The van der Waals surface area contributed by atoms with E-state index in [1.807, 2.05) is 38.2 Å². The maximum absolute atomic E-state index is 7.76. The average Bonchev–Trinajstić information content (AvgIpc) is 3.50. The minimum Gasteiger partial charge on any atom is -0.493 e. The number of imidazole rings is 1. The first-order valence-electron chi connectivity index (χ1n) is 11.5. The lowest BCUT2D eigenvalue weighted by atomic mass is 10.2. The molecule has 4 N–H and O–H groups in total. The van der Waals surface area contributed by atoms with Crippen LogP contribution in [0.5, 0.6) is 29.1 Å². The fourth-order valence-corrected chi connectivity index (χ4v) is 3.86. The molecule has 1 aliphatic heterocycles. The maximum atomic E-state index is 7.76. The van der Waals surface area contributed by atoms with Crippen LogP contribution < -0.4 is 19.9 Å². The summed E-state index contributed by atoms with van der Waals surface area (Å²) >= 11 is 0. The Balaban J connectivity index is 1.53. The van der Waals surface area contributed by atoms with Gasteiger partial charge in [-0.15, -0.1) is 0 Å². The molecule has 0 aliphatic carbocycles. The van der Waals surface area contributed by atoms with Gasteiger partial charge in [0.1, 0.15) is 28.8 Å². The van der Waals surface area contributed by atoms with E-state index >= 15 is 0 Å². The van der Waals surface area contributed by atoms with Crippen molar-refractivity contribution in [2.75, 3.05) is 27.2 Å². The number of amidine groups is 2. The van der Waals surface area contributed by atoms with E-state index in [-0.39, 0.29) is 17.7 Å². The molecule has 5 rings (SSSR count). The first kappa shape index (κ1) is 23.1. The molecule has 0 radical (unpaired) electrons. The number of nitrogens with one attached hydrogen (secondary N) is 2. The maximum Gasteiger partial charge on any atom is 0.327 e. The third kappa shape index (κ3) is 4.50. The zero-order chi connectivity index (χ0) is 25.2. The van der Waals surface area contributed by atoms with Crippen molar-refractivity contribution >= 4 is 22.8 Å². The second-order valence-corrected chi connectivity index (χ2v) is 8.19. The predicted molar refractivity (Wildman–Crippen MR) is 136 cm³/mol. The van der Waals surface area contributed by atoms with Crippen LogP contribution in [0.25, 0.3) is 11.2 Å². The van der Waals surface area contributed by atoms with Crippen LogP contribution in [-0.4, -0.2) is 63.8 Å². The smallest absolute Gasteiger partial charge is 0.327 e. The van der Waals surface area contributed by atoms with Gasteiger partial charge in [0.25, 0.3) is 5.88 Å². The summed E-state index contributed by atoms with van der Waals surface area (Å²) in [7, 11) is 3.54. The molecule has 36 heavy (non-hydrogen) atoms. The van der Waals surface area contributed by atoms with Gasteiger partial charge in [-0.1, -0.05) is 19.1 Å². The molecule has 11 nitrogen and oxygen atoms in total. The van der Waals surface area contributed by atoms with Gasteiger partial charge in [-0.2, -0.15) is 9.97 Å². The number of fused-ring (bicyclic) bond motifs is 1. The number of aromatic nitrogens is 4. The topological polar surface area (TPSA) is 148 Å². The van der Waals surface area contributed by atoms with Crippen LogP contribution in [0.4, 0.5) is 0 Å². The number of nitrogens with zero attached hydrogens (tertiary/aromatic N) is 5. The van der Waals surface area contributed by atoms with Gasteiger partial charge >= 0.3 is 6.01 Å². The van der Waals surface area contributed by atoms with Gasteiger partial charge < -0.3 is 29.8 Å². The average molecular weight is 487 g/mol. The van der Waals surface area contributed by atoms with Gasteiger partial charge in [0, 0.05) is 31.1 Å². The van der Waals surface area contributed by atoms with Crippen molar-refractivity contribution in [3.8, 4) is 29.1 Å². The molecule has 11 heteroatoms. The molecule has 0 spiro atoms. The highest BCUT2D eigenvalue weighted by molar-refractivity contribution is 6.00. The fraction of sp³-hybridized carbons (Fsp3) is 0.240. The number of hydrogen-bond donors (Lipinski definition) is 3. The number of nitrogen functional groups attached to an aromatic ring is 1. The highest BCUT2D eigenvalue weighted by Gasteiger charge is 2.19. The van der Waals surface area contributed by atoms with Crippen LogP contribution >= 0.6 is 0 Å². The Morgan fingerprint density at radius 3 is 2.69 bits per heavy atom. The lowest BCUT2D eigenvalue weighted by molar-refractivity contribution is 0.370. The number of aryl methyl sites for hydroxylation is 1. The van der Waals surface area contributed by atoms with Gasteiger partial charge in [0.05, 0.1) is 13.7 Å². The lowest BCUT2D eigenvalue weighted by Crippen LogP contribution is -2.23. The number of aromatic amines is 1. The molecular weight excluding hydrogens is 460 g/mol. The molecule has 184 valence electrons. The summed E-state index contributed by atoms with van der Waals surface area (Å²) in [5, 5.41) is 7.76. The van der Waals surface area contributed by atoms with Crippen molar-refractivity contribution in [2.45, 2.75) is 13.3 Å². The molecule has 1 aliphatic rings. The molecule has 0 unspecified atom stereocenters. The van der Waals surface area contributed by atoms with E-state index in [1.54, 1.807) is 18.2 Å². The number of methoxy groups -OCH3 is 1. The summed E-state index contributed by atoms with van der Waals surface area (Å²) in [6.07, 6.45) is 0.673. The van der Waals surface area contributed by atoms with Crippen molar-refractivity contribution in [1.82, 2.24) is 24.8 Å². The number of hydrogen-bond acceptors (Lipinski definition) is 9. The van der Waals surface area contributed by atoms with Crippen molar-refractivity contribution in [1.29, 1.82) is 5.41 Å². The second kappa shape index (κ2) is 9.53. The van der Waals surface area contributed by atoms with E-state index in [0.29, 0.717) is 40.4 Å². The van der Waals surface area contributed by atoms with Crippen LogP contribution in [-0.2, 0) is 6.42 Å². The molecule has 3 heterocycles. The van der Waals surface area contributed by atoms with Crippen LogP contribution in [0.15, 0.2) is 47.5 Å². The number of ether oxygens (including phenoxy) is 3. The van der Waals surface area contributed by atoms with Crippen molar-refractivity contribution in [3.63, 3.8) is 0 Å². The molecule has 0 bridgehead atoms. The van der Waals surface area contributed by atoms with Crippen LogP contribution in [0.1, 0.15) is 23.9 Å². The standard InChI is InChI=1S/C25H26N8O3/c1-4-19-29-20-22(30-19)31-25(35-16-7-5-6-15(12-16)23-28-10-11-33(23)2)32-24(20)36-18-13-14(21(26)27)8-9-17(18)34-3/h5-9,12-13H,4,10-11H2,1-3H3,(H3,26,27)(H,29,30,31,32). The highest BCUT2D eigenvalue weighted by Crippen LogP contribution is 2.35. The molecular formula is C25H26N8O3. The van der Waals surface area contributed by atoms with Gasteiger partial charge in [-0.3, -0.25) is 10.4 Å². The summed E-state index contributed by atoms with van der Waals surface area (Å²) in [6.45, 7) is 3.63. The first-order chi connectivity index (χ1) is 17.4. The number of likely N-dealkylation sites (N-methyl/N-ethyl adjacent to an activating group) is 1. The van der Waals surface area contributed by atoms with Crippen LogP contribution in [0, 0.1) is 5.41 Å². The molecule has 4 aromatic rings. The summed E-state index contributed by atoms with van der Waals surface area (Å²) in [5.41, 5.74) is 8.03. The van der Waals surface area contributed by atoms with Gasteiger partial charge in [0.15, 0.2) is 17.1 Å². The third-order valence-corrected chi connectivity index (χ3v) is 5.72. The molecule has 0 fully saturated rings. The zero-order valence-corrected chi connectivity index (χ0v) is 20.2. The quantitative estimate of drug-likeness (QED) is 0.253. The highest BCUT2D eigenvalue weighted by atomic mass is 16.5. The van der Waals surface area contributed by atoms with Gasteiger partial charge in [0.2, 0.25) is 0 Å². The van der Waals surface area contributed by atoms with E-state index in [0.717, 1.165) is 30.3 Å². The Bertz CT molecular complexity index is 1480.